The lowest BCUT2D eigenvalue weighted by Crippen LogP contribution is -2.48. The van der Waals surface area contributed by atoms with E-state index in [0.717, 1.165) is 18.4 Å². The van der Waals surface area contributed by atoms with Crippen molar-refractivity contribution in [2.24, 2.45) is 5.92 Å². The summed E-state index contributed by atoms with van der Waals surface area (Å²) < 4.78 is 40.7. The van der Waals surface area contributed by atoms with E-state index in [0.29, 0.717) is 24.5 Å². The number of sulfonamides is 1. The molecule has 0 spiro atoms. The zero-order valence-electron chi connectivity index (χ0n) is 27.6. The zero-order chi connectivity index (χ0) is 33.3. The Hall–Kier alpha value is -3.19. The van der Waals surface area contributed by atoms with Gasteiger partial charge in [-0.05, 0) is 84.2 Å². The van der Waals surface area contributed by atoms with E-state index in [1.807, 2.05) is 34.6 Å². The Bertz CT molecular complexity index is 1380. The Balaban J connectivity index is 1.96. The molecule has 3 amide bonds. The highest BCUT2D eigenvalue weighted by atomic mass is 32.2. The van der Waals surface area contributed by atoms with Crippen molar-refractivity contribution in [1.82, 2.24) is 14.5 Å². The van der Waals surface area contributed by atoms with Crippen molar-refractivity contribution in [3.63, 3.8) is 0 Å². The molecule has 4 atom stereocenters. The summed E-state index contributed by atoms with van der Waals surface area (Å²) in [5, 5.41) is 15.7. The molecule has 0 bridgehead atoms. The van der Waals surface area contributed by atoms with Gasteiger partial charge in [-0.15, -0.1) is 0 Å². The number of ether oxygens (including phenoxy) is 2. The predicted octanol–water partition coefficient (Wildman–Crippen LogP) is 4.64. The monoisotopic (exact) mass is 646 g/mol. The number of amides is 3. The molecule has 1 heterocycles. The molecule has 0 radical (unpaired) electrons. The van der Waals surface area contributed by atoms with E-state index in [1.54, 1.807) is 54.3 Å². The maximum atomic E-state index is 14.2. The number of benzene rings is 2. The summed E-state index contributed by atoms with van der Waals surface area (Å²) in [7, 11) is -2.24. The normalized spacial score (nSPS) is 21.1. The average Bonchev–Trinajstić information content (AvgIpc) is 2.98. The maximum Gasteiger partial charge on any atom is 0.319 e. The van der Waals surface area contributed by atoms with E-state index in [1.165, 1.54) is 11.4 Å². The molecule has 11 nitrogen and oxygen atoms in total. The fourth-order valence-corrected chi connectivity index (χ4v) is 6.32. The number of fused-ring (bicyclic) bond motifs is 1. The van der Waals surface area contributed by atoms with Gasteiger partial charge in [0.05, 0.1) is 35.3 Å². The summed E-state index contributed by atoms with van der Waals surface area (Å²) in [6, 6.07) is 10.7. The molecule has 1 aliphatic heterocycles. The number of urea groups is 1. The molecule has 0 saturated carbocycles. The van der Waals surface area contributed by atoms with Crippen LogP contribution in [0.2, 0.25) is 0 Å². The van der Waals surface area contributed by atoms with Gasteiger partial charge in [-0.3, -0.25) is 4.79 Å². The van der Waals surface area contributed by atoms with Crippen molar-refractivity contribution in [2.75, 3.05) is 38.7 Å². The van der Waals surface area contributed by atoms with Gasteiger partial charge < -0.3 is 30.1 Å². The second kappa shape index (κ2) is 16.4. The molecule has 3 N–H and O–H groups in total. The summed E-state index contributed by atoms with van der Waals surface area (Å²) in [5.74, 6) is -0.295. The van der Waals surface area contributed by atoms with E-state index in [-0.39, 0.29) is 54.1 Å². The third-order valence-corrected chi connectivity index (χ3v) is 9.73. The first-order valence-corrected chi connectivity index (χ1v) is 17.1. The summed E-state index contributed by atoms with van der Waals surface area (Å²) in [6.45, 7) is 11.6. The number of anilines is 1. The van der Waals surface area contributed by atoms with Crippen molar-refractivity contribution in [3.8, 4) is 5.75 Å². The van der Waals surface area contributed by atoms with Gasteiger partial charge in [-0.1, -0.05) is 24.6 Å². The van der Waals surface area contributed by atoms with Gasteiger partial charge in [0.2, 0.25) is 10.0 Å². The number of rotatable bonds is 8. The van der Waals surface area contributed by atoms with Gasteiger partial charge in [0.25, 0.3) is 5.91 Å². The molecular formula is C33H50N4O7S. The number of likely N-dealkylation sites (N-methyl/N-ethyl adjacent to an activating group) is 1. The first-order valence-electron chi connectivity index (χ1n) is 15.7. The van der Waals surface area contributed by atoms with Crippen LogP contribution in [0.15, 0.2) is 47.4 Å². The minimum atomic E-state index is -3.78. The highest BCUT2D eigenvalue weighted by Gasteiger charge is 2.32. The van der Waals surface area contributed by atoms with E-state index < -0.39 is 28.2 Å². The SMILES string of the molecule is Cc1ccc(S(=O)(=O)N(C)C[C@H]2OCCCC[C@@H](C)Oc3ccc(NC(=O)NC(C)C)cc3C(=O)N([C@H](C)CO)C[C@H]2C)cc1. The molecule has 0 unspecified atom stereocenters. The second-order valence-electron chi connectivity index (χ2n) is 12.4. The number of hydrogen-bond donors (Lipinski definition) is 3. The summed E-state index contributed by atoms with van der Waals surface area (Å²) >= 11 is 0. The van der Waals surface area contributed by atoms with Crippen LogP contribution in [0.3, 0.4) is 0 Å². The molecule has 0 aliphatic carbocycles. The number of aryl methyl sites for hydroxylation is 1. The van der Waals surface area contributed by atoms with Crippen LogP contribution in [0.25, 0.3) is 0 Å². The lowest BCUT2D eigenvalue weighted by Gasteiger charge is -2.35. The molecule has 3 rings (SSSR count). The molecule has 12 heteroatoms. The van der Waals surface area contributed by atoms with Gasteiger partial charge in [0, 0.05) is 44.4 Å². The molecule has 2 aromatic rings. The Morgan fingerprint density at radius 1 is 1.11 bits per heavy atom. The molecule has 0 saturated heterocycles. The summed E-state index contributed by atoms with van der Waals surface area (Å²) in [5.41, 5.74) is 1.64. The number of aliphatic hydroxyl groups excluding tert-OH is 1. The van der Waals surface area contributed by atoms with Crippen LogP contribution in [-0.4, -0.2) is 92.3 Å². The van der Waals surface area contributed by atoms with E-state index >= 15 is 0 Å². The van der Waals surface area contributed by atoms with Gasteiger partial charge >= 0.3 is 6.03 Å². The van der Waals surface area contributed by atoms with Crippen molar-refractivity contribution < 1.29 is 32.6 Å². The molecule has 0 aromatic heterocycles. The Kier molecular flexibility index (Phi) is 13.2. The van der Waals surface area contributed by atoms with E-state index in [2.05, 4.69) is 10.6 Å². The largest absolute Gasteiger partial charge is 0.490 e. The quantitative estimate of drug-likeness (QED) is 0.380. The highest BCUT2D eigenvalue weighted by Crippen LogP contribution is 2.29. The molecular weight excluding hydrogens is 596 g/mol. The third kappa shape index (κ3) is 10.2. The second-order valence-corrected chi connectivity index (χ2v) is 14.4. The van der Waals surface area contributed by atoms with Crippen LogP contribution in [-0.2, 0) is 14.8 Å². The van der Waals surface area contributed by atoms with Crippen molar-refractivity contribution in [3.05, 3.63) is 53.6 Å². The number of carbonyl (C=O) groups excluding carboxylic acids is 2. The number of hydrogen-bond acceptors (Lipinski definition) is 7. The van der Waals surface area contributed by atoms with Gasteiger partial charge in [0.15, 0.2) is 0 Å². The lowest BCUT2D eigenvalue weighted by atomic mass is 10.0. The molecule has 0 fully saturated rings. The number of nitrogens with zero attached hydrogens (tertiary/aromatic N) is 2. The fourth-order valence-electron chi connectivity index (χ4n) is 5.13. The van der Waals surface area contributed by atoms with Crippen molar-refractivity contribution >= 4 is 27.6 Å². The zero-order valence-corrected chi connectivity index (χ0v) is 28.4. The molecule has 2 aromatic carbocycles. The molecule has 250 valence electrons. The van der Waals surface area contributed by atoms with Crippen LogP contribution in [0.4, 0.5) is 10.5 Å². The number of carbonyl (C=O) groups is 2. The van der Waals surface area contributed by atoms with Crippen LogP contribution in [0, 0.1) is 12.8 Å². The first-order chi connectivity index (χ1) is 21.2. The highest BCUT2D eigenvalue weighted by molar-refractivity contribution is 7.89. The van der Waals surface area contributed by atoms with Crippen molar-refractivity contribution in [1.29, 1.82) is 0 Å². The topological polar surface area (TPSA) is 138 Å². The summed E-state index contributed by atoms with van der Waals surface area (Å²) in [6.07, 6.45) is 1.55. The standard InChI is InChI=1S/C33H50N4O7S/c1-22(2)34-33(40)35-27-13-16-30-29(18-27)32(39)37(25(5)21-38)19-24(4)31(43-17-9-8-10-26(6)44-30)20-36(7)45(41,42)28-14-11-23(3)12-15-28/h11-16,18,22,24-26,31,38H,8-10,17,19-21H2,1-7H3,(H2,34,35,40)/t24-,25-,26-,31-/m1/s1. The van der Waals surface area contributed by atoms with Gasteiger partial charge in [-0.2, -0.15) is 4.31 Å². The fraction of sp³-hybridized carbons (Fsp3) is 0.576. The Morgan fingerprint density at radius 2 is 1.80 bits per heavy atom. The predicted molar refractivity (Wildman–Crippen MR) is 175 cm³/mol. The van der Waals surface area contributed by atoms with E-state index in [4.69, 9.17) is 9.47 Å². The first kappa shape index (κ1) is 36.3. The third-order valence-electron chi connectivity index (χ3n) is 7.90. The van der Waals surface area contributed by atoms with E-state index in [9.17, 15) is 23.1 Å². The smallest absolute Gasteiger partial charge is 0.319 e. The van der Waals surface area contributed by atoms with Crippen LogP contribution < -0.4 is 15.4 Å². The van der Waals surface area contributed by atoms with Crippen molar-refractivity contribution in [2.45, 2.75) is 90.0 Å². The van der Waals surface area contributed by atoms with Gasteiger partial charge in [-0.25, -0.2) is 13.2 Å². The Morgan fingerprint density at radius 3 is 2.44 bits per heavy atom. The van der Waals surface area contributed by atoms with Crippen LogP contribution in [0.1, 0.15) is 69.8 Å². The minimum Gasteiger partial charge on any atom is -0.490 e. The number of aliphatic hydroxyl groups is 1. The number of nitrogens with one attached hydrogen (secondary N) is 2. The maximum absolute atomic E-state index is 14.2. The van der Waals surface area contributed by atoms with Crippen LogP contribution in [0.5, 0.6) is 5.75 Å². The minimum absolute atomic E-state index is 0.0726. The lowest BCUT2D eigenvalue weighted by molar-refractivity contribution is -0.00833. The Labute approximate surface area is 268 Å². The molecule has 45 heavy (non-hydrogen) atoms. The van der Waals surface area contributed by atoms with Gasteiger partial charge in [0.1, 0.15) is 5.75 Å². The summed E-state index contributed by atoms with van der Waals surface area (Å²) in [4.78, 5) is 28.4. The molecule has 1 aliphatic rings. The average molecular weight is 647 g/mol. The van der Waals surface area contributed by atoms with Crippen LogP contribution >= 0.6 is 0 Å².